The maximum absolute atomic E-state index is 12.3. The molecule has 110 valence electrons. The summed E-state index contributed by atoms with van der Waals surface area (Å²) in [7, 11) is 0. The van der Waals surface area contributed by atoms with Gasteiger partial charge in [-0.25, -0.2) is 4.79 Å². The number of carboxylic acids is 1. The predicted octanol–water partition coefficient (Wildman–Crippen LogP) is 2.96. The number of rotatable bonds is 3. The Kier molecular flexibility index (Phi) is 5.83. The Morgan fingerprint density at radius 3 is 1.95 bits per heavy atom. The lowest BCUT2D eigenvalue weighted by atomic mass is 9.85. The van der Waals surface area contributed by atoms with Crippen molar-refractivity contribution in [3.05, 3.63) is 0 Å². The quantitative estimate of drug-likeness (QED) is 0.827. The number of nitrogens with one attached hydrogen (secondary N) is 1. The molecule has 1 fully saturated rings. The van der Waals surface area contributed by atoms with Crippen molar-refractivity contribution in [2.24, 2.45) is 11.3 Å². The Hall–Kier alpha value is -1.06. The second-order valence-corrected chi connectivity index (χ2v) is 6.69. The van der Waals surface area contributed by atoms with Gasteiger partial charge in [0.1, 0.15) is 6.04 Å². The topological polar surface area (TPSA) is 66.4 Å². The van der Waals surface area contributed by atoms with E-state index >= 15 is 0 Å². The average Bonchev–Trinajstić information content (AvgIpc) is 2.22. The molecule has 1 aliphatic rings. The van der Waals surface area contributed by atoms with Crippen LogP contribution in [0.3, 0.4) is 0 Å². The lowest BCUT2D eigenvalue weighted by Gasteiger charge is -2.29. The minimum atomic E-state index is -0.952. The molecule has 0 aliphatic heterocycles. The lowest BCUT2D eigenvalue weighted by Crippen LogP contribution is -2.50. The van der Waals surface area contributed by atoms with E-state index < -0.39 is 17.4 Å². The molecule has 0 aromatic rings. The minimum absolute atomic E-state index is 0.00972. The van der Waals surface area contributed by atoms with Gasteiger partial charge in [0.2, 0.25) is 5.91 Å². The summed E-state index contributed by atoms with van der Waals surface area (Å²) in [5, 5.41) is 12.0. The van der Waals surface area contributed by atoms with E-state index in [4.69, 9.17) is 0 Å². The zero-order chi connectivity index (χ0) is 14.5. The largest absolute Gasteiger partial charge is 0.480 e. The van der Waals surface area contributed by atoms with Crippen molar-refractivity contribution in [3.63, 3.8) is 0 Å². The van der Waals surface area contributed by atoms with E-state index in [-0.39, 0.29) is 11.8 Å². The van der Waals surface area contributed by atoms with Crippen molar-refractivity contribution in [2.75, 3.05) is 0 Å². The van der Waals surface area contributed by atoms with Gasteiger partial charge in [0.05, 0.1) is 0 Å². The second-order valence-electron chi connectivity index (χ2n) is 6.69. The van der Waals surface area contributed by atoms with Crippen LogP contribution in [-0.2, 0) is 9.59 Å². The van der Waals surface area contributed by atoms with Crippen LogP contribution in [0.1, 0.15) is 65.7 Å². The van der Waals surface area contributed by atoms with Gasteiger partial charge in [-0.3, -0.25) is 4.79 Å². The summed E-state index contributed by atoms with van der Waals surface area (Å²) < 4.78 is 0. The van der Waals surface area contributed by atoms with E-state index in [9.17, 15) is 14.7 Å². The Balaban J connectivity index is 2.62. The smallest absolute Gasteiger partial charge is 0.326 e. The summed E-state index contributed by atoms with van der Waals surface area (Å²) in [5.74, 6) is -1.04. The average molecular weight is 269 g/mol. The fourth-order valence-electron chi connectivity index (χ4n) is 2.63. The van der Waals surface area contributed by atoms with Crippen molar-refractivity contribution in [2.45, 2.75) is 71.8 Å². The molecule has 0 heterocycles. The second kappa shape index (κ2) is 6.92. The molecule has 2 N–H and O–H groups in total. The standard InChI is InChI=1S/C15H27NO3/c1-15(2,3)12(14(18)19)16-13(17)11-9-7-5-4-6-8-10-11/h11-12H,4-10H2,1-3H3,(H,16,17)(H,18,19)/t12-/m0/s1. The number of hydrogen-bond donors (Lipinski definition) is 2. The van der Waals surface area contributed by atoms with Gasteiger partial charge in [-0.05, 0) is 18.3 Å². The van der Waals surface area contributed by atoms with Crippen LogP contribution < -0.4 is 5.32 Å². The van der Waals surface area contributed by atoms with Gasteiger partial charge in [-0.1, -0.05) is 52.9 Å². The van der Waals surface area contributed by atoms with Crippen LogP contribution in [0.2, 0.25) is 0 Å². The molecule has 0 unspecified atom stereocenters. The molecule has 1 amide bonds. The summed E-state index contributed by atoms with van der Waals surface area (Å²) in [6, 6.07) is -0.814. The maximum Gasteiger partial charge on any atom is 0.326 e. The number of carboxylic acid groups (broad SMARTS) is 1. The molecule has 0 radical (unpaired) electrons. The van der Waals surface area contributed by atoms with Gasteiger partial charge in [0.25, 0.3) is 0 Å². The minimum Gasteiger partial charge on any atom is -0.480 e. The van der Waals surface area contributed by atoms with Gasteiger partial charge < -0.3 is 10.4 Å². The van der Waals surface area contributed by atoms with Crippen molar-refractivity contribution in [3.8, 4) is 0 Å². The highest BCUT2D eigenvalue weighted by atomic mass is 16.4. The first-order valence-electron chi connectivity index (χ1n) is 7.35. The van der Waals surface area contributed by atoms with E-state index in [1.54, 1.807) is 0 Å². The van der Waals surface area contributed by atoms with E-state index in [0.29, 0.717) is 0 Å². The summed E-state index contributed by atoms with van der Waals surface area (Å²) in [6.45, 7) is 5.51. The molecule has 4 nitrogen and oxygen atoms in total. The molecule has 1 aliphatic carbocycles. The van der Waals surface area contributed by atoms with Crippen LogP contribution in [0.5, 0.6) is 0 Å². The third-order valence-corrected chi connectivity index (χ3v) is 3.88. The first-order chi connectivity index (χ1) is 8.82. The van der Waals surface area contributed by atoms with Gasteiger partial charge in [0, 0.05) is 5.92 Å². The predicted molar refractivity (Wildman–Crippen MR) is 74.8 cm³/mol. The molecular formula is C15H27NO3. The van der Waals surface area contributed by atoms with Gasteiger partial charge in [-0.15, -0.1) is 0 Å². The van der Waals surface area contributed by atoms with Crippen LogP contribution in [0, 0.1) is 11.3 Å². The normalized spacial score (nSPS) is 20.2. The molecule has 0 aromatic carbocycles. The zero-order valence-corrected chi connectivity index (χ0v) is 12.4. The lowest BCUT2D eigenvalue weighted by molar-refractivity contribution is -0.145. The van der Waals surface area contributed by atoms with Crippen molar-refractivity contribution in [1.82, 2.24) is 5.32 Å². The molecule has 1 rings (SSSR count). The van der Waals surface area contributed by atoms with Crippen molar-refractivity contribution < 1.29 is 14.7 Å². The highest BCUT2D eigenvalue weighted by molar-refractivity contribution is 5.85. The van der Waals surface area contributed by atoms with Crippen LogP contribution in [-0.4, -0.2) is 23.0 Å². The van der Waals surface area contributed by atoms with Gasteiger partial charge in [0.15, 0.2) is 0 Å². The van der Waals surface area contributed by atoms with Crippen LogP contribution in [0.25, 0.3) is 0 Å². The molecule has 1 saturated carbocycles. The fourth-order valence-corrected chi connectivity index (χ4v) is 2.63. The number of aliphatic carboxylic acids is 1. The summed E-state index contributed by atoms with van der Waals surface area (Å²) in [6.07, 6.45) is 7.56. The molecular weight excluding hydrogens is 242 g/mol. The van der Waals surface area contributed by atoms with Crippen LogP contribution in [0.4, 0.5) is 0 Å². The number of amides is 1. The van der Waals surface area contributed by atoms with E-state index in [2.05, 4.69) is 5.32 Å². The first-order valence-corrected chi connectivity index (χ1v) is 7.35. The van der Waals surface area contributed by atoms with Crippen molar-refractivity contribution >= 4 is 11.9 Å². The highest BCUT2D eigenvalue weighted by Gasteiger charge is 2.34. The van der Waals surface area contributed by atoms with Crippen LogP contribution >= 0.6 is 0 Å². The monoisotopic (exact) mass is 269 g/mol. The van der Waals surface area contributed by atoms with E-state index in [1.165, 1.54) is 19.3 Å². The molecule has 0 aromatic heterocycles. The molecule has 0 spiro atoms. The molecule has 19 heavy (non-hydrogen) atoms. The van der Waals surface area contributed by atoms with Gasteiger partial charge >= 0.3 is 5.97 Å². The fraction of sp³-hybridized carbons (Fsp3) is 0.867. The highest BCUT2D eigenvalue weighted by Crippen LogP contribution is 2.24. The summed E-state index contributed by atoms with van der Waals surface area (Å²) in [5.41, 5.74) is -0.469. The summed E-state index contributed by atoms with van der Waals surface area (Å²) >= 11 is 0. The molecule has 0 saturated heterocycles. The summed E-state index contributed by atoms with van der Waals surface area (Å²) in [4.78, 5) is 23.5. The Labute approximate surface area is 116 Å². The zero-order valence-electron chi connectivity index (χ0n) is 12.4. The van der Waals surface area contributed by atoms with Gasteiger partial charge in [-0.2, -0.15) is 0 Å². The Bertz CT molecular complexity index is 312. The van der Waals surface area contributed by atoms with E-state index in [1.807, 2.05) is 20.8 Å². The molecule has 0 bridgehead atoms. The number of carbonyl (C=O) groups is 2. The van der Waals surface area contributed by atoms with E-state index in [0.717, 1.165) is 25.7 Å². The number of hydrogen-bond acceptors (Lipinski definition) is 2. The Morgan fingerprint density at radius 1 is 1.05 bits per heavy atom. The Morgan fingerprint density at radius 2 is 1.53 bits per heavy atom. The third-order valence-electron chi connectivity index (χ3n) is 3.88. The maximum atomic E-state index is 12.3. The third kappa shape index (κ3) is 5.21. The number of carbonyl (C=O) groups excluding carboxylic acids is 1. The molecule has 4 heteroatoms. The van der Waals surface area contributed by atoms with Crippen LogP contribution in [0.15, 0.2) is 0 Å². The first kappa shape index (κ1) is 16.0. The van der Waals surface area contributed by atoms with Crippen molar-refractivity contribution in [1.29, 1.82) is 0 Å². The SMILES string of the molecule is CC(C)(C)[C@@H](NC(=O)C1CCCCCCC1)C(=O)O. The molecule has 1 atom stereocenters.